The van der Waals surface area contributed by atoms with E-state index in [0.717, 1.165) is 0 Å². The summed E-state index contributed by atoms with van der Waals surface area (Å²) >= 11 is 0. The van der Waals surface area contributed by atoms with E-state index in [1.807, 2.05) is 0 Å². The van der Waals surface area contributed by atoms with Crippen LogP contribution in [-0.2, 0) is 0 Å². The van der Waals surface area contributed by atoms with E-state index in [9.17, 15) is 14.7 Å². The number of rotatable bonds is 2. The van der Waals surface area contributed by atoms with Crippen molar-refractivity contribution in [2.75, 3.05) is 0 Å². The minimum absolute atomic E-state index is 0.0711. The normalized spacial score (nSPS) is 9.78. The number of hydrogen-bond donors (Lipinski definition) is 2. The van der Waals surface area contributed by atoms with Crippen molar-refractivity contribution in [1.29, 1.82) is 0 Å². The van der Waals surface area contributed by atoms with Crippen LogP contribution < -0.4 is 5.32 Å². The van der Waals surface area contributed by atoms with E-state index in [4.69, 9.17) is 0 Å². The molecule has 2 N–H and O–H groups in total. The quantitative estimate of drug-likeness (QED) is 0.790. The molecule has 4 nitrogen and oxygen atoms in total. The second-order valence-electron chi connectivity index (χ2n) is 3.67. The number of benzene rings is 2. The maximum Gasteiger partial charge on any atom is 0.261 e. The number of hydrogen-bond acceptors (Lipinski definition) is 3. The van der Waals surface area contributed by atoms with Crippen LogP contribution >= 0.6 is 0 Å². The topological polar surface area (TPSA) is 66.4 Å². The number of para-hydroxylation sites is 1. The zero-order valence-electron chi connectivity index (χ0n) is 9.46. The highest BCUT2D eigenvalue weighted by Gasteiger charge is 2.14. The number of carbonyl (C=O) groups excluding carboxylic acids is 2. The fraction of sp³-hybridized carbons (Fsp3) is 0. The monoisotopic (exact) mass is 241 g/mol. The first kappa shape index (κ1) is 11.9. The molecular weight excluding hydrogens is 230 g/mol. The molecule has 0 aliphatic heterocycles. The highest BCUT2D eigenvalue weighted by Crippen LogP contribution is 2.15. The van der Waals surface area contributed by atoms with Crippen LogP contribution in [0.5, 0.6) is 5.75 Å². The summed E-state index contributed by atoms with van der Waals surface area (Å²) in [6.07, 6.45) is 0. The predicted molar refractivity (Wildman–Crippen MR) is 66.3 cm³/mol. The number of nitrogens with one attached hydrogen (secondary N) is 1. The van der Waals surface area contributed by atoms with E-state index in [-0.39, 0.29) is 11.3 Å². The highest BCUT2D eigenvalue weighted by molar-refractivity contribution is 6.11. The number of amides is 2. The molecule has 0 aliphatic carbocycles. The van der Waals surface area contributed by atoms with Crippen LogP contribution in [0, 0.1) is 0 Å². The van der Waals surface area contributed by atoms with Crippen molar-refractivity contribution in [1.82, 2.24) is 5.32 Å². The third kappa shape index (κ3) is 2.55. The van der Waals surface area contributed by atoms with Gasteiger partial charge in [-0.15, -0.1) is 0 Å². The summed E-state index contributed by atoms with van der Waals surface area (Å²) in [5.41, 5.74) is 0.461. The van der Waals surface area contributed by atoms with E-state index in [0.29, 0.717) is 5.56 Å². The maximum absolute atomic E-state index is 11.8. The van der Waals surface area contributed by atoms with Crippen molar-refractivity contribution < 1.29 is 14.7 Å². The molecule has 2 rings (SSSR count). The minimum atomic E-state index is -0.623. The molecule has 0 heterocycles. The Morgan fingerprint density at radius 3 is 2.11 bits per heavy atom. The van der Waals surface area contributed by atoms with Gasteiger partial charge in [0, 0.05) is 5.56 Å². The lowest BCUT2D eigenvalue weighted by atomic mass is 10.1. The van der Waals surface area contributed by atoms with Gasteiger partial charge in [-0.3, -0.25) is 14.9 Å². The molecule has 18 heavy (non-hydrogen) atoms. The third-order valence-electron chi connectivity index (χ3n) is 2.41. The molecule has 4 heteroatoms. The van der Waals surface area contributed by atoms with Gasteiger partial charge in [0.15, 0.2) is 0 Å². The van der Waals surface area contributed by atoms with Crippen molar-refractivity contribution in [2.45, 2.75) is 0 Å². The molecule has 90 valence electrons. The van der Waals surface area contributed by atoms with Crippen molar-refractivity contribution in [3.8, 4) is 5.75 Å². The molecule has 0 spiro atoms. The molecule has 0 saturated heterocycles. The van der Waals surface area contributed by atoms with E-state index in [1.165, 1.54) is 12.1 Å². The molecule has 0 fully saturated rings. The van der Waals surface area contributed by atoms with Gasteiger partial charge >= 0.3 is 0 Å². The first-order chi connectivity index (χ1) is 8.68. The Morgan fingerprint density at radius 1 is 0.833 bits per heavy atom. The van der Waals surface area contributed by atoms with Crippen LogP contribution in [0.2, 0.25) is 0 Å². The van der Waals surface area contributed by atoms with Crippen LogP contribution in [-0.4, -0.2) is 16.9 Å². The predicted octanol–water partition coefficient (Wildman–Crippen LogP) is 1.96. The Balaban J connectivity index is 2.14. The first-order valence-electron chi connectivity index (χ1n) is 5.37. The molecule has 0 radical (unpaired) electrons. The Kier molecular flexibility index (Phi) is 3.38. The van der Waals surface area contributed by atoms with Crippen LogP contribution in [0.15, 0.2) is 54.6 Å². The van der Waals surface area contributed by atoms with Gasteiger partial charge in [-0.25, -0.2) is 0 Å². The van der Waals surface area contributed by atoms with Gasteiger partial charge < -0.3 is 5.11 Å². The SMILES string of the molecule is O=C(NC(=O)c1ccccc1O)c1ccccc1. The Hall–Kier alpha value is -2.62. The Bertz CT molecular complexity index is 579. The molecule has 0 atom stereocenters. The summed E-state index contributed by atoms with van der Waals surface area (Å²) in [4.78, 5) is 23.5. The number of imide groups is 1. The lowest BCUT2D eigenvalue weighted by molar-refractivity contribution is 0.0848. The van der Waals surface area contributed by atoms with E-state index in [2.05, 4.69) is 5.32 Å². The second kappa shape index (κ2) is 5.14. The summed E-state index contributed by atoms with van der Waals surface area (Å²) < 4.78 is 0. The standard InChI is InChI=1S/C14H11NO3/c16-12-9-5-4-8-11(12)14(18)15-13(17)10-6-2-1-3-7-10/h1-9,16H,(H,15,17,18). The van der Waals surface area contributed by atoms with E-state index < -0.39 is 11.8 Å². The number of phenolic OH excluding ortho intramolecular Hbond substituents is 1. The van der Waals surface area contributed by atoms with Crippen LogP contribution in [0.25, 0.3) is 0 Å². The van der Waals surface area contributed by atoms with Gasteiger partial charge in [-0.1, -0.05) is 30.3 Å². The van der Waals surface area contributed by atoms with Crippen molar-refractivity contribution in [3.63, 3.8) is 0 Å². The molecule has 0 aromatic heterocycles. The molecular formula is C14H11NO3. The highest BCUT2D eigenvalue weighted by atomic mass is 16.3. The van der Waals surface area contributed by atoms with Gasteiger partial charge in [-0.2, -0.15) is 0 Å². The van der Waals surface area contributed by atoms with E-state index in [1.54, 1.807) is 42.5 Å². The van der Waals surface area contributed by atoms with Crippen molar-refractivity contribution in [3.05, 3.63) is 65.7 Å². The van der Waals surface area contributed by atoms with Crippen LogP contribution in [0.3, 0.4) is 0 Å². The third-order valence-corrected chi connectivity index (χ3v) is 2.41. The second-order valence-corrected chi connectivity index (χ2v) is 3.67. The Morgan fingerprint density at radius 2 is 1.44 bits per heavy atom. The molecule has 0 bridgehead atoms. The summed E-state index contributed by atoms with van der Waals surface area (Å²) in [7, 11) is 0. The summed E-state index contributed by atoms with van der Waals surface area (Å²) in [6, 6.07) is 14.5. The molecule has 2 aromatic carbocycles. The molecule has 2 amide bonds. The van der Waals surface area contributed by atoms with Gasteiger partial charge in [0.2, 0.25) is 0 Å². The smallest absolute Gasteiger partial charge is 0.261 e. The lowest BCUT2D eigenvalue weighted by Crippen LogP contribution is -2.30. The summed E-state index contributed by atoms with van der Waals surface area (Å²) in [6.45, 7) is 0. The fourth-order valence-corrected chi connectivity index (χ4v) is 1.50. The van der Waals surface area contributed by atoms with Gasteiger partial charge in [-0.05, 0) is 24.3 Å². The van der Waals surface area contributed by atoms with Crippen molar-refractivity contribution >= 4 is 11.8 Å². The zero-order chi connectivity index (χ0) is 13.0. The molecule has 0 saturated carbocycles. The zero-order valence-corrected chi connectivity index (χ0v) is 9.46. The number of carbonyl (C=O) groups is 2. The van der Waals surface area contributed by atoms with Crippen LogP contribution in [0.1, 0.15) is 20.7 Å². The fourth-order valence-electron chi connectivity index (χ4n) is 1.50. The summed E-state index contributed by atoms with van der Waals surface area (Å²) in [5, 5.41) is 11.7. The number of phenols is 1. The average molecular weight is 241 g/mol. The minimum Gasteiger partial charge on any atom is -0.507 e. The lowest BCUT2D eigenvalue weighted by Gasteiger charge is -2.05. The first-order valence-corrected chi connectivity index (χ1v) is 5.37. The van der Waals surface area contributed by atoms with Gasteiger partial charge in [0.25, 0.3) is 11.8 Å². The largest absolute Gasteiger partial charge is 0.507 e. The maximum atomic E-state index is 11.8. The Labute approximate surface area is 104 Å². The van der Waals surface area contributed by atoms with Crippen molar-refractivity contribution in [2.24, 2.45) is 0 Å². The average Bonchev–Trinajstić information content (AvgIpc) is 2.40. The van der Waals surface area contributed by atoms with Gasteiger partial charge in [0.05, 0.1) is 5.56 Å². The molecule has 0 unspecified atom stereocenters. The van der Waals surface area contributed by atoms with Gasteiger partial charge in [0.1, 0.15) is 5.75 Å². The summed E-state index contributed by atoms with van der Waals surface area (Å²) in [5.74, 6) is -1.28. The molecule has 2 aromatic rings. The number of aromatic hydroxyl groups is 1. The van der Waals surface area contributed by atoms with E-state index >= 15 is 0 Å². The molecule has 0 aliphatic rings. The van der Waals surface area contributed by atoms with Crippen LogP contribution in [0.4, 0.5) is 0 Å².